The summed E-state index contributed by atoms with van der Waals surface area (Å²) in [7, 11) is 0. The molecule has 32 heavy (non-hydrogen) atoms. The third-order valence-electron chi connectivity index (χ3n) is 7.53. The van der Waals surface area contributed by atoms with Gasteiger partial charge in [-0.25, -0.2) is 4.39 Å². The molecule has 0 radical (unpaired) electrons. The number of benzene rings is 1. The summed E-state index contributed by atoms with van der Waals surface area (Å²) in [5.74, 6) is 7.60. The molecule has 1 aromatic carbocycles. The molecule has 0 aliphatic heterocycles. The molecule has 2 aliphatic rings. The van der Waals surface area contributed by atoms with E-state index in [1.165, 1.54) is 83.1 Å². The van der Waals surface area contributed by atoms with Gasteiger partial charge in [0.25, 0.3) is 0 Å². The van der Waals surface area contributed by atoms with E-state index in [0.29, 0.717) is 5.92 Å². The van der Waals surface area contributed by atoms with Crippen molar-refractivity contribution in [3.05, 3.63) is 47.3 Å². The van der Waals surface area contributed by atoms with E-state index in [9.17, 15) is 17.6 Å². The zero-order chi connectivity index (χ0) is 23.0. The molecule has 0 atom stereocenters. The summed E-state index contributed by atoms with van der Waals surface area (Å²) in [5.41, 5.74) is -0.991. The van der Waals surface area contributed by atoms with Crippen molar-refractivity contribution < 1.29 is 17.6 Å². The summed E-state index contributed by atoms with van der Waals surface area (Å²) >= 11 is 0. The molecule has 0 N–H and O–H groups in total. The van der Waals surface area contributed by atoms with Crippen LogP contribution in [0.25, 0.3) is 0 Å². The van der Waals surface area contributed by atoms with Gasteiger partial charge in [-0.1, -0.05) is 63.4 Å². The average molecular weight is 449 g/mol. The second-order valence-electron chi connectivity index (χ2n) is 9.77. The Morgan fingerprint density at radius 1 is 0.938 bits per heavy atom. The molecule has 0 saturated heterocycles. The Bertz CT molecular complexity index is 795. The number of hydrogen-bond acceptors (Lipinski definition) is 0. The summed E-state index contributed by atoms with van der Waals surface area (Å²) in [6.07, 6.45) is 15.4. The number of allylic oxidation sites excluding steroid dienone is 2. The number of halogens is 4. The minimum atomic E-state index is -4.68. The van der Waals surface area contributed by atoms with E-state index >= 15 is 0 Å². The van der Waals surface area contributed by atoms with E-state index in [1.807, 2.05) is 0 Å². The molecule has 0 unspecified atom stereocenters. The number of alkyl halides is 3. The fourth-order valence-electron chi connectivity index (χ4n) is 5.57. The van der Waals surface area contributed by atoms with Gasteiger partial charge in [-0.05, 0) is 86.5 Å². The van der Waals surface area contributed by atoms with Crippen LogP contribution in [0.1, 0.15) is 95.1 Å². The van der Waals surface area contributed by atoms with Crippen LogP contribution in [-0.4, -0.2) is 0 Å². The molecule has 2 saturated carbocycles. The number of hydrogen-bond donors (Lipinski definition) is 0. The highest BCUT2D eigenvalue weighted by Gasteiger charge is 2.34. The van der Waals surface area contributed by atoms with Crippen molar-refractivity contribution in [3.63, 3.8) is 0 Å². The molecule has 2 fully saturated rings. The van der Waals surface area contributed by atoms with E-state index < -0.39 is 17.6 Å². The lowest BCUT2D eigenvalue weighted by atomic mass is 9.68. The third-order valence-corrected chi connectivity index (χ3v) is 7.53. The van der Waals surface area contributed by atoms with Crippen molar-refractivity contribution in [1.29, 1.82) is 0 Å². The number of rotatable bonds is 6. The fraction of sp³-hybridized carbons (Fsp3) is 0.643. The van der Waals surface area contributed by atoms with Crippen LogP contribution < -0.4 is 0 Å². The Morgan fingerprint density at radius 2 is 1.59 bits per heavy atom. The third kappa shape index (κ3) is 7.39. The summed E-state index contributed by atoms with van der Waals surface area (Å²) < 4.78 is 51.5. The molecule has 0 amide bonds. The van der Waals surface area contributed by atoms with Crippen molar-refractivity contribution in [3.8, 4) is 11.8 Å². The molecule has 0 nitrogen and oxygen atoms in total. The molecule has 0 heterocycles. The average Bonchev–Trinajstić information content (AvgIpc) is 2.77. The van der Waals surface area contributed by atoms with Crippen LogP contribution in [0.2, 0.25) is 0 Å². The summed E-state index contributed by atoms with van der Waals surface area (Å²) in [6, 6.07) is 2.83. The van der Waals surface area contributed by atoms with Crippen LogP contribution in [0.3, 0.4) is 0 Å². The molecule has 1 aromatic rings. The van der Waals surface area contributed by atoms with Crippen molar-refractivity contribution in [2.45, 2.75) is 90.1 Å². The monoisotopic (exact) mass is 448 g/mol. The molecule has 4 heteroatoms. The van der Waals surface area contributed by atoms with Gasteiger partial charge in [-0.2, -0.15) is 13.2 Å². The highest BCUT2D eigenvalue weighted by Crippen LogP contribution is 2.42. The summed E-state index contributed by atoms with van der Waals surface area (Å²) in [4.78, 5) is 0. The van der Waals surface area contributed by atoms with E-state index in [4.69, 9.17) is 0 Å². The maximum absolute atomic E-state index is 13.6. The lowest BCUT2D eigenvalue weighted by Gasteiger charge is -2.37. The predicted octanol–water partition coefficient (Wildman–Crippen LogP) is 8.95. The predicted molar refractivity (Wildman–Crippen MR) is 122 cm³/mol. The fourth-order valence-corrected chi connectivity index (χ4v) is 5.57. The van der Waals surface area contributed by atoms with Crippen LogP contribution >= 0.6 is 0 Å². The van der Waals surface area contributed by atoms with Gasteiger partial charge in [0.2, 0.25) is 0 Å². The molecule has 176 valence electrons. The van der Waals surface area contributed by atoms with Gasteiger partial charge in [0.05, 0.1) is 5.56 Å². The zero-order valence-corrected chi connectivity index (χ0v) is 19.2. The van der Waals surface area contributed by atoms with Gasteiger partial charge in [0, 0.05) is 5.56 Å². The van der Waals surface area contributed by atoms with E-state index in [2.05, 4.69) is 24.8 Å². The smallest absolute Gasteiger partial charge is 0.206 e. The lowest BCUT2D eigenvalue weighted by molar-refractivity contribution is -0.140. The highest BCUT2D eigenvalue weighted by molar-refractivity contribution is 5.39. The highest BCUT2D eigenvalue weighted by atomic mass is 19.4. The van der Waals surface area contributed by atoms with E-state index in [1.54, 1.807) is 6.08 Å². The molecule has 0 aromatic heterocycles. The first-order valence-corrected chi connectivity index (χ1v) is 12.4. The van der Waals surface area contributed by atoms with Crippen molar-refractivity contribution in [1.82, 2.24) is 0 Å². The van der Waals surface area contributed by atoms with Gasteiger partial charge < -0.3 is 0 Å². The molecule has 0 bridgehead atoms. The largest absolute Gasteiger partial charge is 0.419 e. The Morgan fingerprint density at radius 3 is 2.19 bits per heavy atom. The Labute approximate surface area is 190 Å². The normalized spacial score (nSPS) is 26.7. The maximum Gasteiger partial charge on any atom is 0.419 e. The van der Waals surface area contributed by atoms with Crippen LogP contribution in [0, 0.1) is 41.3 Å². The molecular formula is C28H36F4. The first-order valence-electron chi connectivity index (χ1n) is 12.4. The van der Waals surface area contributed by atoms with Crippen LogP contribution in [-0.2, 0) is 6.18 Å². The summed E-state index contributed by atoms with van der Waals surface area (Å²) in [6.45, 7) is 2.27. The minimum absolute atomic E-state index is 0.258. The SMILES string of the molecule is CCCCC[C@H]1CC[C@H](C2CCC(/C=C/C#Cc3ccc(C(F)(F)F)c(F)c3)CC2)CC1. The van der Waals surface area contributed by atoms with Crippen LogP contribution in [0.5, 0.6) is 0 Å². The van der Waals surface area contributed by atoms with Crippen LogP contribution in [0.15, 0.2) is 30.4 Å². The van der Waals surface area contributed by atoms with E-state index in [0.717, 1.165) is 29.9 Å². The topological polar surface area (TPSA) is 0 Å². The second-order valence-corrected chi connectivity index (χ2v) is 9.77. The van der Waals surface area contributed by atoms with Gasteiger partial charge >= 0.3 is 6.18 Å². The summed E-state index contributed by atoms with van der Waals surface area (Å²) in [5, 5.41) is 0. The first-order chi connectivity index (χ1) is 15.4. The van der Waals surface area contributed by atoms with Gasteiger partial charge in [0.15, 0.2) is 0 Å². The number of unbranched alkanes of at least 4 members (excludes halogenated alkanes) is 2. The lowest BCUT2D eigenvalue weighted by Crippen LogP contribution is -2.25. The quantitative estimate of drug-likeness (QED) is 0.231. The maximum atomic E-state index is 13.6. The second kappa shape index (κ2) is 11.9. The standard InChI is InChI=1S/C28H36F4/c1-2-3-4-7-21-10-15-24(16-11-21)25-17-12-22(13-18-25)8-5-6-9-23-14-19-26(27(29)20-23)28(30,31)32/h5,8,14,19-22,24-25H,2-4,7,10-13,15-18H2,1H3/b8-5+/t21-,22?,24-,25?. The Balaban J connectivity index is 1.40. The zero-order valence-electron chi connectivity index (χ0n) is 19.2. The Hall–Kier alpha value is -1.76. The molecule has 2 aliphatic carbocycles. The van der Waals surface area contributed by atoms with Gasteiger partial charge in [-0.3, -0.25) is 0 Å². The molecule has 0 spiro atoms. The van der Waals surface area contributed by atoms with Gasteiger partial charge in [0.1, 0.15) is 5.82 Å². The Kier molecular flexibility index (Phi) is 9.26. The molecular weight excluding hydrogens is 412 g/mol. The van der Waals surface area contributed by atoms with Crippen molar-refractivity contribution in [2.24, 2.45) is 23.7 Å². The van der Waals surface area contributed by atoms with Crippen LogP contribution in [0.4, 0.5) is 17.6 Å². The first kappa shape index (κ1) is 24.9. The van der Waals surface area contributed by atoms with Crippen molar-refractivity contribution >= 4 is 0 Å². The minimum Gasteiger partial charge on any atom is -0.206 e. The van der Waals surface area contributed by atoms with Crippen molar-refractivity contribution in [2.75, 3.05) is 0 Å². The van der Waals surface area contributed by atoms with E-state index in [-0.39, 0.29) is 5.56 Å². The molecule has 3 rings (SSSR count). The van der Waals surface area contributed by atoms with Gasteiger partial charge in [-0.15, -0.1) is 0 Å².